The molecule has 0 saturated carbocycles. The second-order valence-electron chi connectivity index (χ2n) is 8.08. The first-order valence-electron chi connectivity index (χ1n) is 11.7. The van der Waals surface area contributed by atoms with Crippen LogP contribution in [-0.4, -0.2) is 25.5 Å². The maximum atomic E-state index is 13.5. The summed E-state index contributed by atoms with van der Waals surface area (Å²) in [6, 6.07) is 15.1. The summed E-state index contributed by atoms with van der Waals surface area (Å²) < 4.78 is 30.6. The van der Waals surface area contributed by atoms with Crippen LogP contribution in [-0.2, 0) is 11.2 Å². The molecule has 1 heterocycles. The Morgan fingerprint density at radius 1 is 0.943 bits per heavy atom. The maximum Gasteiger partial charge on any atom is 0.338 e. The van der Waals surface area contributed by atoms with Gasteiger partial charge in [0.2, 0.25) is 0 Å². The van der Waals surface area contributed by atoms with E-state index in [1.54, 1.807) is 31.2 Å². The van der Waals surface area contributed by atoms with Gasteiger partial charge in [0.25, 0.3) is 0 Å². The third-order valence-corrected chi connectivity index (χ3v) is 6.00. The molecule has 1 aromatic heterocycles. The molecule has 4 rings (SSSR count). The normalized spacial score (nSPS) is 11.0. The Morgan fingerprint density at radius 2 is 1.66 bits per heavy atom. The molecule has 0 spiro atoms. The molecular weight excluding hydrogens is 447 g/mol. The van der Waals surface area contributed by atoms with Crippen LogP contribution in [0.4, 0.5) is 4.39 Å². The Labute approximate surface area is 203 Å². The monoisotopic (exact) mass is 474 g/mol. The lowest BCUT2D eigenvalue weighted by molar-refractivity contribution is 0.0599. The molecule has 0 radical (unpaired) electrons. The van der Waals surface area contributed by atoms with Crippen LogP contribution in [0, 0.1) is 5.82 Å². The summed E-state index contributed by atoms with van der Waals surface area (Å²) in [5.41, 5.74) is 4.39. The molecule has 6 heteroatoms. The molecule has 0 aliphatic rings. The van der Waals surface area contributed by atoms with Gasteiger partial charge in [-0.3, -0.25) is 4.79 Å². The van der Waals surface area contributed by atoms with Crippen molar-refractivity contribution in [3.63, 3.8) is 0 Å². The van der Waals surface area contributed by atoms with Crippen LogP contribution >= 0.6 is 0 Å². The van der Waals surface area contributed by atoms with E-state index >= 15 is 0 Å². The fourth-order valence-electron chi connectivity index (χ4n) is 4.24. The number of ketones is 1. The molecule has 0 aliphatic heterocycles. The highest BCUT2D eigenvalue weighted by Crippen LogP contribution is 2.41. The number of carbonyl (C=O) groups excluding carboxylic acids is 2. The number of methoxy groups -OCH3 is 1. The van der Waals surface area contributed by atoms with Gasteiger partial charge in [0.15, 0.2) is 5.78 Å². The second kappa shape index (κ2) is 10.1. The number of hydrogen-bond acceptors (Lipinski definition) is 5. The van der Waals surface area contributed by atoms with Crippen molar-refractivity contribution in [2.24, 2.45) is 0 Å². The number of esters is 1. The van der Waals surface area contributed by atoms with Crippen LogP contribution in [0.3, 0.4) is 0 Å². The topological polar surface area (TPSA) is 65.7 Å². The van der Waals surface area contributed by atoms with Gasteiger partial charge in [0, 0.05) is 29.0 Å². The van der Waals surface area contributed by atoms with Crippen LogP contribution in [0.5, 0.6) is 5.75 Å². The Bertz CT molecular complexity index is 1400. The molecule has 0 bridgehead atoms. The predicted octanol–water partition coefficient (Wildman–Crippen LogP) is 7.25. The third-order valence-electron chi connectivity index (χ3n) is 6.00. The highest BCUT2D eigenvalue weighted by atomic mass is 19.1. The van der Waals surface area contributed by atoms with Gasteiger partial charge >= 0.3 is 5.97 Å². The molecule has 180 valence electrons. The molecule has 0 saturated heterocycles. The summed E-state index contributed by atoms with van der Waals surface area (Å²) in [5, 5.41) is 0.633. The van der Waals surface area contributed by atoms with Crippen LogP contribution in [0.2, 0.25) is 0 Å². The van der Waals surface area contributed by atoms with E-state index in [1.807, 2.05) is 32.0 Å². The summed E-state index contributed by atoms with van der Waals surface area (Å²) in [6.07, 6.45) is 0.961. The van der Waals surface area contributed by atoms with E-state index in [1.165, 1.54) is 19.2 Å². The van der Waals surface area contributed by atoms with Crippen molar-refractivity contribution in [2.45, 2.75) is 33.6 Å². The SMILES string of the molecule is CCOc1cc2oc(-c3ccc(F)cc3)c(C(=O)CC)c2cc1-c1ccc(CC)c(C(=O)OC)c1. The Kier molecular flexibility index (Phi) is 7.01. The second-order valence-corrected chi connectivity index (χ2v) is 8.08. The van der Waals surface area contributed by atoms with Gasteiger partial charge in [-0.05, 0) is 60.9 Å². The minimum absolute atomic E-state index is 0.0882. The molecule has 0 unspecified atom stereocenters. The van der Waals surface area contributed by atoms with Gasteiger partial charge in [-0.15, -0.1) is 0 Å². The largest absolute Gasteiger partial charge is 0.493 e. The fourth-order valence-corrected chi connectivity index (χ4v) is 4.24. The predicted molar refractivity (Wildman–Crippen MR) is 134 cm³/mol. The Balaban J connectivity index is 2.00. The van der Waals surface area contributed by atoms with Crippen molar-refractivity contribution in [3.05, 3.63) is 77.1 Å². The van der Waals surface area contributed by atoms with Crippen LogP contribution in [0.25, 0.3) is 33.4 Å². The Hall–Kier alpha value is -3.93. The molecule has 0 aliphatic carbocycles. The zero-order valence-electron chi connectivity index (χ0n) is 20.2. The van der Waals surface area contributed by atoms with E-state index < -0.39 is 5.97 Å². The van der Waals surface area contributed by atoms with Gasteiger partial charge in [-0.25, -0.2) is 9.18 Å². The smallest absolute Gasteiger partial charge is 0.338 e. The highest BCUT2D eigenvalue weighted by molar-refractivity contribution is 6.13. The van der Waals surface area contributed by atoms with E-state index in [0.29, 0.717) is 52.2 Å². The zero-order valence-corrected chi connectivity index (χ0v) is 20.2. The molecule has 3 aromatic carbocycles. The number of halogens is 1. The average Bonchev–Trinajstić information content (AvgIpc) is 3.25. The van der Waals surface area contributed by atoms with E-state index in [-0.39, 0.29) is 18.0 Å². The van der Waals surface area contributed by atoms with Gasteiger partial charge in [0.1, 0.15) is 22.9 Å². The van der Waals surface area contributed by atoms with E-state index in [9.17, 15) is 14.0 Å². The first-order chi connectivity index (χ1) is 16.9. The minimum Gasteiger partial charge on any atom is -0.493 e. The lowest BCUT2D eigenvalue weighted by atomic mass is 9.94. The molecule has 0 amide bonds. The molecule has 0 N–H and O–H groups in total. The molecule has 0 fully saturated rings. The van der Waals surface area contributed by atoms with E-state index in [4.69, 9.17) is 13.9 Å². The summed E-state index contributed by atoms with van der Waals surface area (Å²) >= 11 is 0. The van der Waals surface area contributed by atoms with Gasteiger partial charge in [-0.1, -0.05) is 26.0 Å². The highest BCUT2D eigenvalue weighted by Gasteiger charge is 2.24. The summed E-state index contributed by atoms with van der Waals surface area (Å²) in [7, 11) is 1.36. The number of furan rings is 1. The quantitative estimate of drug-likeness (QED) is 0.199. The molecule has 4 aromatic rings. The molecular formula is C29H27FO5. The zero-order chi connectivity index (χ0) is 25.1. The van der Waals surface area contributed by atoms with Crippen molar-refractivity contribution >= 4 is 22.7 Å². The van der Waals surface area contributed by atoms with E-state index in [0.717, 1.165) is 16.7 Å². The molecule has 35 heavy (non-hydrogen) atoms. The fraction of sp³-hybridized carbons (Fsp3) is 0.241. The number of ether oxygens (including phenoxy) is 2. The number of benzene rings is 3. The number of rotatable bonds is 8. The van der Waals surface area contributed by atoms with E-state index in [2.05, 4.69) is 0 Å². The number of aryl methyl sites for hydroxylation is 1. The van der Waals surface area contributed by atoms with Crippen molar-refractivity contribution in [2.75, 3.05) is 13.7 Å². The van der Waals surface area contributed by atoms with Crippen LogP contribution in [0.1, 0.15) is 53.5 Å². The number of Topliss-reactive ketones (excluding diaryl/α,β-unsaturated/α-hetero) is 1. The number of hydrogen-bond donors (Lipinski definition) is 0. The first-order valence-corrected chi connectivity index (χ1v) is 11.7. The van der Waals surface area contributed by atoms with Crippen LogP contribution < -0.4 is 4.74 Å². The lowest BCUT2D eigenvalue weighted by Crippen LogP contribution is -2.06. The van der Waals surface area contributed by atoms with Crippen LogP contribution in [0.15, 0.2) is 59.0 Å². The third kappa shape index (κ3) is 4.56. The van der Waals surface area contributed by atoms with Crippen molar-refractivity contribution < 1.29 is 27.9 Å². The maximum absolute atomic E-state index is 13.5. The van der Waals surface area contributed by atoms with Crippen molar-refractivity contribution in [1.82, 2.24) is 0 Å². The first kappa shape index (κ1) is 24.2. The van der Waals surface area contributed by atoms with Gasteiger partial charge in [0.05, 0.1) is 24.8 Å². The minimum atomic E-state index is -0.411. The summed E-state index contributed by atoms with van der Waals surface area (Å²) in [5.74, 6) is 0.0883. The summed E-state index contributed by atoms with van der Waals surface area (Å²) in [4.78, 5) is 25.5. The standard InChI is InChI=1S/C29H27FO5/c1-5-17-8-9-19(14-22(17)29(32)33-4)21-15-23-26(16-25(21)34-7-3)35-28(27(23)24(31)6-2)18-10-12-20(30)13-11-18/h8-16H,5-7H2,1-4H3. The molecule has 5 nitrogen and oxygen atoms in total. The van der Waals surface area contributed by atoms with Gasteiger partial charge < -0.3 is 13.9 Å². The summed E-state index contributed by atoms with van der Waals surface area (Å²) in [6.45, 7) is 6.06. The lowest BCUT2D eigenvalue weighted by Gasteiger charge is -2.13. The number of fused-ring (bicyclic) bond motifs is 1. The van der Waals surface area contributed by atoms with Crippen molar-refractivity contribution in [1.29, 1.82) is 0 Å². The number of carbonyl (C=O) groups is 2. The average molecular weight is 475 g/mol. The van der Waals surface area contributed by atoms with Crippen molar-refractivity contribution in [3.8, 4) is 28.2 Å². The molecule has 0 atom stereocenters. The van der Waals surface area contributed by atoms with Gasteiger partial charge in [-0.2, -0.15) is 0 Å². The Morgan fingerprint density at radius 3 is 2.29 bits per heavy atom.